The lowest BCUT2D eigenvalue weighted by Gasteiger charge is -2.28. The number of rotatable bonds is 7. The molecule has 0 spiro atoms. The van der Waals surface area contributed by atoms with Crippen molar-refractivity contribution in [2.45, 2.75) is 38.6 Å². The molecule has 1 saturated heterocycles. The van der Waals surface area contributed by atoms with Gasteiger partial charge >= 0.3 is 5.97 Å². The van der Waals surface area contributed by atoms with E-state index in [-0.39, 0.29) is 11.8 Å². The predicted molar refractivity (Wildman–Crippen MR) is 89.1 cm³/mol. The van der Waals surface area contributed by atoms with Crippen LogP contribution in [0.3, 0.4) is 0 Å². The molecule has 23 heavy (non-hydrogen) atoms. The fourth-order valence-electron chi connectivity index (χ4n) is 3.13. The zero-order valence-corrected chi connectivity index (χ0v) is 13.6. The van der Waals surface area contributed by atoms with Crippen LogP contribution in [0.2, 0.25) is 0 Å². The number of amides is 1. The van der Waals surface area contributed by atoms with Gasteiger partial charge in [-0.15, -0.1) is 0 Å². The van der Waals surface area contributed by atoms with E-state index in [0.717, 1.165) is 31.5 Å². The van der Waals surface area contributed by atoms with Crippen LogP contribution in [0.5, 0.6) is 0 Å². The predicted octanol–water partition coefficient (Wildman–Crippen LogP) is 1.82. The van der Waals surface area contributed by atoms with Gasteiger partial charge in [0.15, 0.2) is 0 Å². The maximum absolute atomic E-state index is 12.2. The van der Waals surface area contributed by atoms with Crippen LogP contribution < -0.4 is 10.6 Å². The summed E-state index contributed by atoms with van der Waals surface area (Å²) < 4.78 is 0. The van der Waals surface area contributed by atoms with Crippen LogP contribution in [0, 0.1) is 11.8 Å². The number of carboxylic acid groups (broad SMARTS) is 1. The monoisotopic (exact) mass is 318 g/mol. The highest BCUT2D eigenvalue weighted by Crippen LogP contribution is 2.22. The SMILES string of the molecule is CC(CC(=O)N[C@H](Cc1ccccc1)C(=O)O)C1CCCNC1. The topological polar surface area (TPSA) is 78.4 Å². The Morgan fingerprint density at radius 1 is 1.35 bits per heavy atom. The molecule has 1 aromatic rings. The second kappa shape index (κ2) is 8.67. The van der Waals surface area contributed by atoms with Crippen molar-refractivity contribution >= 4 is 11.9 Å². The first-order chi connectivity index (χ1) is 11.1. The van der Waals surface area contributed by atoms with Crippen molar-refractivity contribution in [3.05, 3.63) is 35.9 Å². The van der Waals surface area contributed by atoms with Crippen LogP contribution in [0.1, 0.15) is 31.7 Å². The number of aliphatic carboxylic acids is 1. The highest BCUT2D eigenvalue weighted by atomic mass is 16.4. The third-order valence-electron chi connectivity index (χ3n) is 4.56. The number of carboxylic acids is 1. The van der Waals surface area contributed by atoms with Crippen molar-refractivity contribution < 1.29 is 14.7 Å². The molecule has 0 radical (unpaired) electrons. The van der Waals surface area contributed by atoms with Crippen LogP contribution in [-0.2, 0) is 16.0 Å². The zero-order valence-electron chi connectivity index (χ0n) is 13.6. The van der Waals surface area contributed by atoms with Gasteiger partial charge in [-0.05, 0) is 43.3 Å². The molecule has 0 saturated carbocycles. The molecule has 0 bridgehead atoms. The van der Waals surface area contributed by atoms with Gasteiger partial charge in [0.1, 0.15) is 6.04 Å². The molecule has 1 heterocycles. The molecule has 1 amide bonds. The smallest absolute Gasteiger partial charge is 0.326 e. The summed E-state index contributed by atoms with van der Waals surface area (Å²) in [5, 5.41) is 15.4. The van der Waals surface area contributed by atoms with E-state index < -0.39 is 12.0 Å². The Bertz CT molecular complexity index is 512. The highest BCUT2D eigenvalue weighted by Gasteiger charge is 2.25. The first kappa shape index (κ1) is 17.5. The zero-order chi connectivity index (χ0) is 16.7. The normalized spacial score (nSPS) is 20.5. The quantitative estimate of drug-likeness (QED) is 0.716. The van der Waals surface area contributed by atoms with Gasteiger partial charge in [-0.1, -0.05) is 37.3 Å². The minimum absolute atomic E-state index is 0.175. The molecule has 2 rings (SSSR count). The highest BCUT2D eigenvalue weighted by molar-refractivity contribution is 5.83. The lowest BCUT2D eigenvalue weighted by molar-refractivity contribution is -0.142. The number of nitrogens with one attached hydrogen (secondary N) is 2. The van der Waals surface area contributed by atoms with Crippen LogP contribution in [0.25, 0.3) is 0 Å². The van der Waals surface area contributed by atoms with Gasteiger partial charge in [-0.3, -0.25) is 4.79 Å². The maximum atomic E-state index is 12.2. The Kier molecular flexibility index (Phi) is 6.59. The van der Waals surface area contributed by atoms with Crippen molar-refractivity contribution in [3.8, 4) is 0 Å². The average molecular weight is 318 g/mol. The van der Waals surface area contributed by atoms with Crippen LogP contribution in [0.15, 0.2) is 30.3 Å². The summed E-state index contributed by atoms with van der Waals surface area (Å²) in [4.78, 5) is 23.6. The van der Waals surface area contributed by atoms with Crippen LogP contribution in [0.4, 0.5) is 0 Å². The molecule has 1 aliphatic rings. The van der Waals surface area contributed by atoms with Crippen molar-refractivity contribution in [1.82, 2.24) is 10.6 Å². The number of carbonyl (C=O) groups is 2. The third-order valence-corrected chi connectivity index (χ3v) is 4.56. The summed E-state index contributed by atoms with van der Waals surface area (Å²) in [5.41, 5.74) is 0.907. The molecule has 0 aromatic heterocycles. The molecule has 0 aliphatic carbocycles. The summed E-state index contributed by atoms with van der Waals surface area (Å²) in [5.74, 6) is -0.415. The van der Waals surface area contributed by atoms with Gasteiger partial charge in [-0.2, -0.15) is 0 Å². The molecule has 1 aliphatic heterocycles. The molecule has 126 valence electrons. The standard InChI is InChI=1S/C18H26N2O3/c1-13(15-8-5-9-19-12-15)10-17(21)20-16(18(22)23)11-14-6-3-2-4-7-14/h2-4,6-7,13,15-16,19H,5,8-12H2,1H3,(H,20,21)(H,22,23)/t13?,15?,16-/m1/s1. The number of hydrogen-bond acceptors (Lipinski definition) is 3. The molecule has 2 unspecified atom stereocenters. The molecule has 3 atom stereocenters. The Labute approximate surface area is 137 Å². The van der Waals surface area contributed by atoms with Gasteiger partial charge in [-0.25, -0.2) is 4.79 Å². The largest absolute Gasteiger partial charge is 0.480 e. The van der Waals surface area contributed by atoms with E-state index in [1.165, 1.54) is 0 Å². The number of hydrogen-bond donors (Lipinski definition) is 3. The van der Waals surface area contributed by atoms with E-state index in [2.05, 4.69) is 17.6 Å². The fourth-order valence-corrected chi connectivity index (χ4v) is 3.13. The molecule has 1 aromatic carbocycles. The van der Waals surface area contributed by atoms with Crippen molar-refractivity contribution in [2.24, 2.45) is 11.8 Å². The van der Waals surface area contributed by atoms with Crippen molar-refractivity contribution in [3.63, 3.8) is 0 Å². The van der Waals surface area contributed by atoms with E-state index >= 15 is 0 Å². The minimum Gasteiger partial charge on any atom is -0.480 e. The summed E-state index contributed by atoms with van der Waals surface area (Å²) in [6.07, 6.45) is 2.96. The lowest BCUT2D eigenvalue weighted by atomic mass is 9.85. The van der Waals surface area contributed by atoms with Gasteiger partial charge in [0.2, 0.25) is 5.91 Å². The first-order valence-corrected chi connectivity index (χ1v) is 8.33. The second-order valence-electron chi connectivity index (χ2n) is 6.44. The van der Waals surface area contributed by atoms with Gasteiger partial charge in [0, 0.05) is 12.8 Å². The second-order valence-corrected chi connectivity index (χ2v) is 6.44. The fraction of sp³-hybridized carbons (Fsp3) is 0.556. The summed E-state index contributed by atoms with van der Waals surface area (Å²) in [7, 11) is 0. The Balaban J connectivity index is 1.86. The molecule has 1 fully saturated rings. The van der Waals surface area contributed by atoms with Crippen LogP contribution >= 0.6 is 0 Å². The summed E-state index contributed by atoms with van der Waals surface area (Å²) >= 11 is 0. The van der Waals surface area contributed by atoms with E-state index in [0.29, 0.717) is 18.8 Å². The van der Waals surface area contributed by atoms with E-state index in [4.69, 9.17) is 0 Å². The number of benzene rings is 1. The number of carbonyl (C=O) groups excluding carboxylic acids is 1. The summed E-state index contributed by atoms with van der Waals surface area (Å²) in [6.45, 7) is 4.07. The summed E-state index contributed by atoms with van der Waals surface area (Å²) in [6, 6.07) is 8.50. The maximum Gasteiger partial charge on any atom is 0.326 e. The van der Waals surface area contributed by atoms with Gasteiger partial charge in [0.05, 0.1) is 0 Å². The Morgan fingerprint density at radius 3 is 2.70 bits per heavy atom. The number of piperidine rings is 1. The molecule has 3 N–H and O–H groups in total. The average Bonchev–Trinajstić information content (AvgIpc) is 2.56. The van der Waals surface area contributed by atoms with Crippen molar-refractivity contribution in [1.29, 1.82) is 0 Å². The lowest BCUT2D eigenvalue weighted by Crippen LogP contribution is -2.43. The van der Waals surface area contributed by atoms with E-state index in [1.54, 1.807) is 0 Å². The van der Waals surface area contributed by atoms with E-state index in [1.807, 2.05) is 30.3 Å². The van der Waals surface area contributed by atoms with Gasteiger partial charge in [0.25, 0.3) is 0 Å². The Hall–Kier alpha value is -1.88. The molecule has 5 nitrogen and oxygen atoms in total. The Morgan fingerprint density at radius 2 is 2.09 bits per heavy atom. The first-order valence-electron chi connectivity index (χ1n) is 8.33. The molecular weight excluding hydrogens is 292 g/mol. The molecular formula is C18H26N2O3. The van der Waals surface area contributed by atoms with Gasteiger partial charge < -0.3 is 15.7 Å². The minimum atomic E-state index is -0.991. The third kappa shape index (κ3) is 5.67. The van der Waals surface area contributed by atoms with Crippen LogP contribution in [-0.4, -0.2) is 36.1 Å². The van der Waals surface area contributed by atoms with E-state index in [9.17, 15) is 14.7 Å². The van der Waals surface area contributed by atoms with Crippen molar-refractivity contribution in [2.75, 3.05) is 13.1 Å². The molecule has 5 heteroatoms.